The second kappa shape index (κ2) is 6.30. The number of benzene rings is 2. The summed E-state index contributed by atoms with van der Waals surface area (Å²) in [5.41, 5.74) is 7.06. The number of methoxy groups -OCH3 is 1. The summed E-state index contributed by atoms with van der Waals surface area (Å²) in [5.74, 6) is 1.51. The number of imidazole rings is 1. The molecule has 1 heterocycles. The number of para-hydroxylation sites is 2. The molecule has 5 heteroatoms. The first-order valence-electron chi connectivity index (χ1n) is 7.11. The molecular formula is C17H18N4O. The number of H-pyrrole nitrogens is 1. The van der Waals surface area contributed by atoms with E-state index in [-0.39, 0.29) is 0 Å². The molecule has 112 valence electrons. The molecule has 5 nitrogen and oxygen atoms in total. The Hall–Kier alpha value is -2.82. The zero-order chi connectivity index (χ0) is 15.4. The molecular weight excluding hydrogens is 276 g/mol. The second-order valence-corrected chi connectivity index (χ2v) is 5.09. The number of anilines is 1. The highest BCUT2D eigenvalue weighted by Gasteiger charge is 2.01. The van der Waals surface area contributed by atoms with Crippen molar-refractivity contribution < 1.29 is 4.74 Å². The fourth-order valence-electron chi connectivity index (χ4n) is 2.23. The molecule has 1 aromatic heterocycles. The number of nitrogens with one attached hydrogen (secondary N) is 2. The van der Waals surface area contributed by atoms with Crippen LogP contribution in [0.5, 0.6) is 5.75 Å². The van der Waals surface area contributed by atoms with Crippen LogP contribution in [0.4, 0.5) is 5.95 Å². The summed E-state index contributed by atoms with van der Waals surface area (Å²) >= 11 is 0. The molecule has 0 spiro atoms. The van der Waals surface area contributed by atoms with Gasteiger partial charge in [0.05, 0.1) is 18.1 Å². The van der Waals surface area contributed by atoms with Crippen LogP contribution >= 0.6 is 0 Å². The maximum atomic E-state index is 5.15. The zero-order valence-corrected chi connectivity index (χ0v) is 12.6. The van der Waals surface area contributed by atoms with E-state index in [0.717, 1.165) is 28.9 Å². The molecule has 0 aliphatic carbocycles. The Morgan fingerprint density at radius 3 is 2.68 bits per heavy atom. The van der Waals surface area contributed by atoms with Gasteiger partial charge in [0.2, 0.25) is 5.95 Å². The minimum Gasteiger partial charge on any atom is -0.497 e. The van der Waals surface area contributed by atoms with Gasteiger partial charge < -0.3 is 9.72 Å². The first-order chi connectivity index (χ1) is 10.7. The summed E-state index contributed by atoms with van der Waals surface area (Å²) in [6.45, 7) is 1.99. The van der Waals surface area contributed by atoms with E-state index in [1.54, 1.807) is 7.11 Å². The van der Waals surface area contributed by atoms with E-state index in [1.165, 1.54) is 5.56 Å². The largest absolute Gasteiger partial charge is 0.497 e. The summed E-state index contributed by atoms with van der Waals surface area (Å²) < 4.78 is 5.15. The molecule has 0 saturated carbocycles. The topological polar surface area (TPSA) is 62.3 Å². The standard InChI is InChI=1S/C17H18N4O/c1-12(11-13-7-9-14(22-2)10-8-13)20-21-17-18-15-5-3-4-6-16(15)19-17/h3-10H,11H2,1-2H3,(H2,18,19,21). The molecule has 0 unspecified atom stereocenters. The Morgan fingerprint density at radius 2 is 1.95 bits per heavy atom. The number of rotatable bonds is 5. The third kappa shape index (κ3) is 3.25. The number of fused-ring (bicyclic) bond motifs is 1. The highest BCUT2D eigenvalue weighted by atomic mass is 16.5. The van der Waals surface area contributed by atoms with Gasteiger partial charge in [-0.3, -0.25) is 0 Å². The quantitative estimate of drug-likeness (QED) is 0.558. The number of hydrogen-bond acceptors (Lipinski definition) is 4. The highest BCUT2D eigenvalue weighted by Crippen LogP contribution is 2.14. The van der Waals surface area contributed by atoms with E-state index in [9.17, 15) is 0 Å². The molecule has 0 atom stereocenters. The predicted octanol–water partition coefficient (Wildman–Crippen LogP) is 3.60. The SMILES string of the molecule is COc1ccc(CC(C)=NNc2nc3ccccc3[nH]2)cc1. The van der Waals surface area contributed by atoms with Crippen LogP contribution in [0.1, 0.15) is 12.5 Å². The van der Waals surface area contributed by atoms with Crippen molar-refractivity contribution in [3.05, 3.63) is 54.1 Å². The van der Waals surface area contributed by atoms with Gasteiger partial charge in [-0.25, -0.2) is 10.4 Å². The molecule has 0 amide bonds. The number of hydrogen-bond donors (Lipinski definition) is 2. The van der Waals surface area contributed by atoms with E-state index in [2.05, 4.69) is 20.5 Å². The molecule has 0 aliphatic rings. The van der Waals surface area contributed by atoms with Crippen LogP contribution < -0.4 is 10.2 Å². The lowest BCUT2D eigenvalue weighted by atomic mass is 10.1. The van der Waals surface area contributed by atoms with Gasteiger partial charge in [-0.2, -0.15) is 5.10 Å². The summed E-state index contributed by atoms with van der Waals surface area (Å²) in [6, 6.07) is 15.9. The summed E-state index contributed by atoms with van der Waals surface area (Å²) in [4.78, 5) is 7.61. The summed E-state index contributed by atoms with van der Waals surface area (Å²) in [6.07, 6.45) is 0.775. The lowest BCUT2D eigenvalue weighted by Crippen LogP contribution is -2.02. The number of hydrazone groups is 1. The highest BCUT2D eigenvalue weighted by molar-refractivity contribution is 5.85. The fourth-order valence-corrected chi connectivity index (χ4v) is 2.23. The van der Waals surface area contributed by atoms with Crippen LogP contribution in [0.2, 0.25) is 0 Å². The Kier molecular flexibility index (Phi) is 4.05. The minimum atomic E-state index is 0.648. The van der Waals surface area contributed by atoms with Crippen molar-refractivity contribution in [2.45, 2.75) is 13.3 Å². The average Bonchev–Trinajstić information content (AvgIpc) is 2.96. The minimum absolute atomic E-state index is 0.648. The van der Waals surface area contributed by atoms with Crippen molar-refractivity contribution in [1.82, 2.24) is 9.97 Å². The number of ether oxygens (including phenoxy) is 1. The van der Waals surface area contributed by atoms with Gasteiger partial charge in [-0.1, -0.05) is 24.3 Å². The van der Waals surface area contributed by atoms with Crippen molar-refractivity contribution in [2.24, 2.45) is 5.10 Å². The smallest absolute Gasteiger partial charge is 0.222 e. The van der Waals surface area contributed by atoms with Gasteiger partial charge in [0.15, 0.2) is 0 Å². The molecule has 0 fully saturated rings. The molecule has 3 rings (SSSR count). The van der Waals surface area contributed by atoms with Crippen LogP contribution in [0.3, 0.4) is 0 Å². The van der Waals surface area contributed by atoms with Gasteiger partial charge in [-0.15, -0.1) is 0 Å². The van der Waals surface area contributed by atoms with Gasteiger partial charge in [0.1, 0.15) is 5.75 Å². The molecule has 0 aliphatic heterocycles. The molecule has 0 radical (unpaired) electrons. The van der Waals surface area contributed by atoms with E-state index in [4.69, 9.17) is 4.74 Å². The van der Waals surface area contributed by atoms with E-state index in [0.29, 0.717) is 5.95 Å². The Labute approximate surface area is 129 Å². The molecule has 2 N–H and O–H groups in total. The van der Waals surface area contributed by atoms with Crippen molar-refractivity contribution in [1.29, 1.82) is 0 Å². The van der Waals surface area contributed by atoms with Crippen LogP contribution in [0.15, 0.2) is 53.6 Å². The van der Waals surface area contributed by atoms with Gasteiger partial charge in [0, 0.05) is 12.1 Å². The van der Waals surface area contributed by atoms with Crippen LogP contribution in [0, 0.1) is 0 Å². The van der Waals surface area contributed by atoms with Crippen molar-refractivity contribution in [3.8, 4) is 5.75 Å². The third-order valence-electron chi connectivity index (χ3n) is 3.36. The van der Waals surface area contributed by atoms with Crippen molar-refractivity contribution in [2.75, 3.05) is 12.5 Å². The van der Waals surface area contributed by atoms with Gasteiger partial charge in [-0.05, 0) is 36.8 Å². The van der Waals surface area contributed by atoms with Crippen molar-refractivity contribution in [3.63, 3.8) is 0 Å². The van der Waals surface area contributed by atoms with E-state index < -0.39 is 0 Å². The molecule has 0 saturated heterocycles. The van der Waals surface area contributed by atoms with Gasteiger partial charge >= 0.3 is 0 Å². The zero-order valence-electron chi connectivity index (χ0n) is 12.6. The number of aromatic nitrogens is 2. The normalized spacial score (nSPS) is 11.6. The molecule has 2 aromatic carbocycles. The Balaban J connectivity index is 1.66. The summed E-state index contributed by atoms with van der Waals surface area (Å²) in [7, 11) is 1.67. The second-order valence-electron chi connectivity index (χ2n) is 5.09. The van der Waals surface area contributed by atoms with Gasteiger partial charge in [0.25, 0.3) is 0 Å². The summed E-state index contributed by atoms with van der Waals surface area (Å²) in [5, 5.41) is 4.37. The Morgan fingerprint density at radius 1 is 1.18 bits per heavy atom. The van der Waals surface area contributed by atoms with E-state index >= 15 is 0 Å². The fraction of sp³-hybridized carbons (Fsp3) is 0.176. The van der Waals surface area contributed by atoms with E-state index in [1.807, 2.05) is 55.5 Å². The molecule has 3 aromatic rings. The van der Waals surface area contributed by atoms with Crippen LogP contribution in [-0.2, 0) is 6.42 Å². The first kappa shape index (κ1) is 14.1. The third-order valence-corrected chi connectivity index (χ3v) is 3.36. The number of nitrogens with zero attached hydrogens (tertiary/aromatic N) is 2. The first-order valence-corrected chi connectivity index (χ1v) is 7.11. The lowest BCUT2D eigenvalue weighted by Gasteiger charge is -2.03. The maximum Gasteiger partial charge on any atom is 0.222 e. The lowest BCUT2D eigenvalue weighted by molar-refractivity contribution is 0.414. The number of aromatic amines is 1. The molecule has 22 heavy (non-hydrogen) atoms. The molecule has 0 bridgehead atoms. The van der Waals surface area contributed by atoms with Crippen LogP contribution in [-0.4, -0.2) is 22.8 Å². The monoisotopic (exact) mass is 294 g/mol. The van der Waals surface area contributed by atoms with Crippen LogP contribution in [0.25, 0.3) is 11.0 Å². The maximum absolute atomic E-state index is 5.15. The Bertz CT molecular complexity index is 757. The predicted molar refractivity (Wildman–Crippen MR) is 89.5 cm³/mol. The average molecular weight is 294 g/mol. The van der Waals surface area contributed by atoms with Crippen molar-refractivity contribution >= 4 is 22.7 Å².